The van der Waals surface area contributed by atoms with E-state index in [-0.39, 0.29) is 12.5 Å². The number of nitrogens with zero attached hydrogens (tertiary/aromatic N) is 1. The molecule has 1 aliphatic rings. The number of hydrogen-bond donors (Lipinski definition) is 2. The molecule has 1 fully saturated rings. The van der Waals surface area contributed by atoms with Crippen LogP contribution < -0.4 is 5.32 Å². The van der Waals surface area contributed by atoms with E-state index in [1.54, 1.807) is 0 Å². The predicted octanol–water partition coefficient (Wildman–Crippen LogP) is 2.11. The highest BCUT2D eigenvalue weighted by Crippen LogP contribution is 2.26. The van der Waals surface area contributed by atoms with E-state index in [0.29, 0.717) is 18.2 Å². The summed E-state index contributed by atoms with van der Waals surface area (Å²) in [6.07, 6.45) is 3.29. The summed E-state index contributed by atoms with van der Waals surface area (Å²) >= 11 is 0. The standard InChI is InChI=1S/C15H22N2O2/c1-2-16-13-8-6-12(7-9-13)15(19)17(10-11-18)14-4-3-5-14/h6-9,14,16,18H,2-5,10-11H2,1H3. The van der Waals surface area contributed by atoms with Crippen LogP contribution in [0.15, 0.2) is 24.3 Å². The Hall–Kier alpha value is -1.55. The van der Waals surface area contributed by atoms with Crippen LogP contribution in [0.3, 0.4) is 0 Å². The zero-order valence-corrected chi connectivity index (χ0v) is 11.4. The van der Waals surface area contributed by atoms with Crippen LogP contribution >= 0.6 is 0 Å². The molecule has 1 amide bonds. The lowest BCUT2D eigenvalue weighted by Crippen LogP contribution is -2.45. The molecule has 4 heteroatoms. The van der Waals surface area contributed by atoms with Crippen molar-refractivity contribution >= 4 is 11.6 Å². The maximum Gasteiger partial charge on any atom is 0.254 e. The number of carbonyl (C=O) groups excluding carboxylic acids is 1. The van der Waals surface area contributed by atoms with Crippen LogP contribution in [0, 0.1) is 0 Å². The minimum atomic E-state index is 0.0255. The predicted molar refractivity (Wildman–Crippen MR) is 76.4 cm³/mol. The Labute approximate surface area is 114 Å². The summed E-state index contributed by atoms with van der Waals surface area (Å²) in [5.41, 5.74) is 1.72. The number of anilines is 1. The zero-order valence-electron chi connectivity index (χ0n) is 11.4. The second-order valence-electron chi connectivity index (χ2n) is 4.91. The van der Waals surface area contributed by atoms with Crippen molar-refractivity contribution in [2.45, 2.75) is 32.2 Å². The van der Waals surface area contributed by atoms with Gasteiger partial charge in [0.15, 0.2) is 0 Å². The molecular weight excluding hydrogens is 240 g/mol. The largest absolute Gasteiger partial charge is 0.395 e. The number of nitrogens with one attached hydrogen (secondary N) is 1. The lowest BCUT2D eigenvalue weighted by atomic mass is 9.91. The normalized spacial score (nSPS) is 14.8. The molecular formula is C15H22N2O2. The highest BCUT2D eigenvalue weighted by Gasteiger charge is 2.28. The number of benzene rings is 1. The molecule has 0 aromatic heterocycles. The van der Waals surface area contributed by atoms with Gasteiger partial charge in [-0.15, -0.1) is 0 Å². The average Bonchev–Trinajstić information content (AvgIpc) is 2.37. The smallest absolute Gasteiger partial charge is 0.254 e. The quantitative estimate of drug-likeness (QED) is 0.825. The topological polar surface area (TPSA) is 52.6 Å². The first kappa shape index (κ1) is 13.9. The number of amides is 1. The maximum atomic E-state index is 12.4. The van der Waals surface area contributed by atoms with Crippen molar-refractivity contribution < 1.29 is 9.90 Å². The molecule has 0 bridgehead atoms. The molecule has 0 spiro atoms. The molecule has 1 aromatic carbocycles. The molecule has 0 saturated heterocycles. The van der Waals surface area contributed by atoms with E-state index in [0.717, 1.165) is 25.1 Å². The fourth-order valence-electron chi connectivity index (χ4n) is 2.36. The third-order valence-corrected chi connectivity index (χ3v) is 3.63. The first-order valence-electron chi connectivity index (χ1n) is 7.02. The fourth-order valence-corrected chi connectivity index (χ4v) is 2.36. The molecule has 104 valence electrons. The van der Waals surface area contributed by atoms with Crippen LogP contribution in [0.5, 0.6) is 0 Å². The van der Waals surface area contributed by atoms with E-state index >= 15 is 0 Å². The molecule has 19 heavy (non-hydrogen) atoms. The molecule has 1 aliphatic carbocycles. The minimum absolute atomic E-state index is 0.0255. The Bertz CT molecular complexity index is 413. The van der Waals surface area contributed by atoms with Gasteiger partial charge in [-0.25, -0.2) is 0 Å². The first-order chi connectivity index (χ1) is 9.26. The van der Waals surface area contributed by atoms with Gasteiger partial charge in [-0.05, 0) is 50.5 Å². The van der Waals surface area contributed by atoms with Gasteiger partial charge in [-0.3, -0.25) is 4.79 Å². The van der Waals surface area contributed by atoms with Gasteiger partial charge in [0.1, 0.15) is 0 Å². The summed E-state index contributed by atoms with van der Waals surface area (Å²) in [6, 6.07) is 7.86. The minimum Gasteiger partial charge on any atom is -0.395 e. The lowest BCUT2D eigenvalue weighted by molar-refractivity contribution is 0.0526. The third kappa shape index (κ3) is 3.26. The van der Waals surface area contributed by atoms with E-state index in [9.17, 15) is 4.79 Å². The molecule has 4 nitrogen and oxygen atoms in total. The highest BCUT2D eigenvalue weighted by atomic mass is 16.3. The van der Waals surface area contributed by atoms with Crippen LogP contribution in [-0.2, 0) is 0 Å². The molecule has 2 rings (SSSR count). The number of carbonyl (C=O) groups is 1. The number of aliphatic hydroxyl groups excluding tert-OH is 1. The SMILES string of the molecule is CCNc1ccc(C(=O)N(CCO)C2CCC2)cc1. The van der Waals surface area contributed by atoms with Crippen molar-refractivity contribution in [2.24, 2.45) is 0 Å². The van der Waals surface area contributed by atoms with Gasteiger partial charge in [-0.2, -0.15) is 0 Å². The lowest BCUT2D eigenvalue weighted by Gasteiger charge is -2.37. The van der Waals surface area contributed by atoms with Crippen molar-refractivity contribution in [2.75, 3.05) is 25.0 Å². The van der Waals surface area contributed by atoms with Gasteiger partial charge >= 0.3 is 0 Å². The van der Waals surface area contributed by atoms with E-state index in [1.165, 1.54) is 6.42 Å². The van der Waals surface area contributed by atoms with Gasteiger partial charge < -0.3 is 15.3 Å². The van der Waals surface area contributed by atoms with E-state index in [2.05, 4.69) is 5.32 Å². The summed E-state index contributed by atoms with van der Waals surface area (Å²) in [6.45, 7) is 3.36. The van der Waals surface area contributed by atoms with Crippen LogP contribution in [-0.4, -0.2) is 41.7 Å². The molecule has 2 N–H and O–H groups in total. The summed E-state index contributed by atoms with van der Waals surface area (Å²) in [5.74, 6) is 0.0294. The molecule has 0 atom stereocenters. The second kappa shape index (κ2) is 6.57. The summed E-state index contributed by atoms with van der Waals surface area (Å²) in [4.78, 5) is 14.2. The van der Waals surface area contributed by atoms with Crippen molar-refractivity contribution in [1.29, 1.82) is 0 Å². The second-order valence-corrected chi connectivity index (χ2v) is 4.91. The van der Waals surface area contributed by atoms with Gasteiger partial charge in [0.2, 0.25) is 0 Å². The summed E-state index contributed by atoms with van der Waals surface area (Å²) in [7, 11) is 0. The molecule has 0 heterocycles. The van der Waals surface area contributed by atoms with Gasteiger partial charge in [0, 0.05) is 30.4 Å². The monoisotopic (exact) mass is 262 g/mol. The molecule has 1 saturated carbocycles. The van der Waals surface area contributed by atoms with Crippen molar-refractivity contribution in [1.82, 2.24) is 4.90 Å². The van der Waals surface area contributed by atoms with E-state index in [1.807, 2.05) is 36.1 Å². The number of rotatable bonds is 6. The Morgan fingerprint density at radius 1 is 1.37 bits per heavy atom. The Morgan fingerprint density at radius 3 is 2.53 bits per heavy atom. The first-order valence-corrected chi connectivity index (χ1v) is 7.02. The van der Waals surface area contributed by atoms with Crippen LogP contribution in [0.25, 0.3) is 0 Å². The van der Waals surface area contributed by atoms with E-state index < -0.39 is 0 Å². The molecule has 0 aliphatic heterocycles. The Kier molecular flexibility index (Phi) is 4.80. The van der Waals surface area contributed by atoms with Crippen LogP contribution in [0.2, 0.25) is 0 Å². The Morgan fingerprint density at radius 2 is 2.05 bits per heavy atom. The van der Waals surface area contributed by atoms with Crippen molar-refractivity contribution in [3.63, 3.8) is 0 Å². The number of aliphatic hydroxyl groups is 1. The van der Waals surface area contributed by atoms with Crippen molar-refractivity contribution in [3.05, 3.63) is 29.8 Å². The number of hydrogen-bond acceptors (Lipinski definition) is 3. The zero-order chi connectivity index (χ0) is 13.7. The van der Waals surface area contributed by atoms with Crippen molar-refractivity contribution in [3.8, 4) is 0 Å². The van der Waals surface area contributed by atoms with Gasteiger partial charge in [0.05, 0.1) is 6.61 Å². The van der Waals surface area contributed by atoms with Crippen LogP contribution in [0.4, 0.5) is 5.69 Å². The van der Waals surface area contributed by atoms with Gasteiger partial charge in [-0.1, -0.05) is 0 Å². The summed E-state index contributed by atoms with van der Waals surface area (Å²) in [5, 5.41) is 12.3. The highest BCUT2D eigenvalue weighted by molar-refractivity contribution is 5.94. The fraction of sp³-hybridized carbons (Fsp3) is 0.533. The van der Waals surface area contributed by atoms with Crippen LogP contribution in [0.1, 0.15) is 36.5 Å². The Balaban J connectivity index is 2.07. The molecule has 0 unspecified atom stereocenters. The average molecular weight is 262 g/mol. The maximum absolute atomic E-state index is 12.4. The van der Waals surface area contributed by atoms with Gasteiger partial charge in [0.25, 0.3) is 5.91 Å². The third-order valence-electron chi connectivity index (χ3n) is 3.63. The molecule has 1 aromatic rings. The molecule has 0 radical (unpaired) electrons. The summed E-state index contributed by atoms with van der Waals surface area (Å²) < 4.78 is 0. The van der Waals surface area contributed by atoms with E-state index in [4.69, 9.17) is 5.11 Å².